The number of pyridine rings is 1. The number of benzene rings is 2. The van der Waals surface area contributed by atoms with E-state index >= 15 is 0 Å². The lowest BCUT2D eigenvalue weighted by Crippen LogP contribution is -2.20. The number of anilines is 1. The zero-order valence-corrected chi connectivity index (χ0v) is 21.4. The molecule has 1 unspecified atom stereocenters. The topological polar surface area (TPSA) is 91.1 Å². The Morgan fingerprint density at radius 2 is 1.55 bits per heavy atom. The summed E-state index contributed by atoms with van der Waals surface area (Å²) in [6, 6.07) is 25.8. The number of nitrogens with two attached hydrogens (primary N) is 1. The number of nitrogens with zero attached hydrogens (tertiary/aromatic N) is 3. The van der Waals surface area contributed by atoms with Crippen molar-refractivity contribution in [1.29, 1.82) is 0 Å². The molecule has 38 heavy (non-hydrogen) atoms. The van der Waals surface area contributed by atoms with E-state index in [9.17, 15) is 0 Å². The zero-order chi connectivity index (χ0) is 26.0. The molecule has 0 radical (unpaired) electrons. The summed E-state index contributed by atoms with van der Waals surface area (Å²) < 4.78 is 14.2. The number of aryl methyl sites for hydroxylation is 1. The van der Waals surface area contributed by atoms with Gasteiger partial charge in [0.25, 0.3) is 0 Å². The molecular formula is C31H33N5O2. The summed E-state index contributed by atoms with van der Waals surface area (Å²) in [6.45, 7) is 1.76. The number of rotatable bonds is 13. The molecule has 3 N–H and O–H groups in total. The van der Waals surface area contributed by atoms with Crippen molar-refractivity contribution in [3.05, 3.63) is 109 Å². The summed E-state index contributed by atoms with van der Waals surface area (Å²) >= 11 is 0. The highest BCUT2D eigenvalue weighted by molar-refractivity contribution is 5.66. The van der Waals surface area contributed by atoms with Gasteiger partial charge in [-0.15, -0.1) is 0 Å². The van der Waals surface area contributed by atoms with Gasteiger partial charge in [-0.25, -0.2) is 4.98 Å². The fraction of sp³-hybridized carbons (Fsp3) is 0.226. The number of unbranched alkanes of at least 4 members (excludes halogenated alkanes) is 3. The van der Waals surface area contributed by atoms with E-state index in [-0.39, 0.29) is 6.17 Å². The first-order chi connectivity index (χ1) is 18.7. The highest BCUT2D eigenvalue weighted by atomic mass is 16.5. The normalized spacial score (nSPS) is 11.8. The first-order valence-electron chi connectivity index (χ1n) is 13.1. The molecule has 3 aromatic heterocycles. The van der Waals surface area contributed by atoms with Crippen molar-refractivity contribution in [3.8, 4) is 28.4 Å². The van der Waals surface area contributed by atoms with E-state index in [0.29, 0.717) is 0 Å². The van der Waals surface area contributed by atoms with E-state index in [1.807, 2.05) is 97.6 Å². The maximum atomic E-state index is 6.22. The van der Waals surface area contributed by atoms with Crippen LogP contribution in [0.25, 0.3) is 22.6 Å². The maximum Gasteiger partial charge on any atom is 0.134 e. The second-order valence-corrected chi connectivity index (χ2v) is 9.21. The molecule has 0 aliphatic carbocycles. The van der Waals surface area contributed by atoms with E-state index in [0.717, 1.165) is 72.2 Å². The fourth-order valence-electron chi connectivity index (χ4n) is 4.27. The van der Waals surface area contributed by atoms with Gasteiger partial charge in [0.1, 0.15) is 23.4 Å². The van der Waals surface area contributed by atoms with Gasteiger partial charge in [0.05, 0.1) is 18.6 Å². The summed E-state index contributed by atoms with van der Waals surface area (Å²) in [5.41, 5.74) is 9.95. The van der Waals surface area contributed by atoms with Crippen molar-refractivity contribution in [3.63, 3.8) is 0 Å². The quantitative estimate of drug-likeness (QED) is 0.133. The summed E-state index contributed by atoms with van der Waals surface area (Å²) in [5, 5.41) is 3.28. The molecule has 2 aromatic carbocycles. The minimum Gasteiger partial charge on any atom is -0.494 e. The van der Waals surface area contributed by atoms with Crippen LogP contribution in [0.4, 0.5) is 5.69 Å². The SMILES string of the molecule is NC(Nc1ccc(-c2ccc(-c3ccc(OCCCCCCn4ccnc4)cc3)o2)cc1)c1ccccn1. The molecular weight excluding hydrogens is 474 g/mol. The molecule has 7 heteroatoms. The summed E-state index contributed by atoms with van der Waals surface area (Å²) in [6.07, 6.45) is 11.6. The van der Waals surface area contributed by atoms with E-state index < -0.39 is 0 Å². The third kappa shape index (κ3) is 6.89. The van der Waals surface area contributed by atoms with Crippen LogP contribution >= 0.6 is 0 Å². The Morgan fingerprint density at radius 1 is 0.816 bits per heavy atom. The monoisotopic (exact) mass is 507 g/mol. The molecule has 5 rings (SSSR count). The number of aromatic nitrogens is 3. The lowest BCUT2D eigenvalue weighted by atomic mass is 10.1. The third-order valence-electron chi connectivity index (χ3n) is 6.38. The van der Waals surface area contributed by atoms with E-state index in [1.54, 1.807) is 6.20 Å². The Balaban J connectivity index is 1.08. The Labute approximate surface area is 223 Å². The fourth-order valence-corrected chi connectivity index (χ4v) is 4.27. The van der Waals surface area contributed by atoms with Crippen molar-refractivity contribution in [2.24, 2.45) is 5.73 Å². The Kier molecular flexibility index (Phi) is 8.48. The molecule has 0 amide bonds. The highest BCUT2D eigenvalue weighted by Gasteiger charge is 2.09. The predicted octanol–water partition coefficient (Wildman–Crippen LogP) is 6.91. The molecule has 0 saturated carbocycles. The van der Waals surface area contributed by atoms with Crippen molar-refractivity contribution < 1.29 is 9.15 Å². The summed E-state index contributed by atoms with van der Waals surface area (Å²) in [7, 11) is 0. The van der Waals surface area contributed by atoms with Gasteiger partial charge < -0.3 is 24.8 Å². The average Bonchev–Trinajstić information content (AvgIpc) is 3.67. The number of ether oxygens (including phenoxy) is 1. The number of nitrogens with one attached hydrogen (secondary N) is 1. The van der Waals surface area contributed by atoms with E-state index in [4.69, 9.17) is 14.9 Å². The van der Waals surface area contributed by atoms with E-state index in [2.05, 4.69) is 19.9 Å². The number of hydrogen-bond acceptors (Lipinski definition) is 6. The molecule has 1 atom stereocenters. The van der Waals surface area contributed by atoms with Crippen LogP contribution in [-0.2, 0) is 6.54 Å². The third-order valence-corrected chi connectivity index (χ3v) is 6.38. The van der Waals surface area contributed by atoms with Crippen LogP contribution in [0, 0.1) is 0 Å². The van der Waals surface area contributed by atoms with Gasteiger partial charge in [0, 0.05) is 41.9 Å². The molecule has 3 heterocycles. The molecule has 194 valence electrons. The number of imidazole rings is 1. The Morgan fingerprint density at radius 3 is 2.24 bits per heavy atom. The Bertz CT molecular complexity index is 1360. The van der Waals surface area contributed by atoms with Crippen molar-refractivity contribution >= 4 is 5.69 Å². The number of furan rings is 1. The van der Waals surface area contributed by atoms with Gasteiger partial charge in [-0.05, 0) is 85.6 Å². The maximum absolute atomic E-state index is 6.22. The molecule has 0 aliphatic rings. The van der Waals surface area contributed by atoms with Crippen LogP contribution in [0.2, 0.25) is 0 Å². The van der Waals surface area contributed by atoms with Crippen molar-refractivity contribution in [2.45, 2.75) is 38.4 Å². The van der Waals surface area contributed by atoms with Crippen LogP contribution in [0.5, 0.6) is 5.75 Å². The van der Waals surface area contributed by atoms with Crippen LogP contribution in [0.15, 0.2) is 108 Å². The van der Waals surface area contributed by atoms with Gasteiger partial charge >= 0.3 is 0 Å². The second-order valence-electron chi connectivity index (χ2n) is 9.21. The van der Waals surface area contributed by atoms with Crippen molar-refractivity contribution in [1.82, 2.24) is 14.5 Å². The van der Waals surface area contributed by atoms with Crippen LogP contribution in [0.1, 0.15) is 37.5 Å². The second kappa shape index (κ2) is 12.7. The Hall–Kier alpha value is -4.36. The van der Waals surface area contributed by atoms with Gasteiger partial charge in [0.15, 0.2) is 0 Å². The molecule has 7 nitrogen and oxygen atoms in total. The van der Waals surface area contributed by atoms with Gasteiger partial charge in [-0.2, -0.15) is 0 Å². The van der Waals surface area contributed by atoms with Gasteiger partial charge in [0.2, 0.25) is 0 Å². The predicted molar refractivity (Wildman–Crippen MR) is 151 cm³/mol. The number of hydrogen-bond donors (Lipinski definition) is 2. The standard InChI is InChI=1S/C31H33N5O2/c32-31(28-7-3-4-18-34-28)35-26-12-8-24(9-13-26)29-16-17-30(38-29)25-10-14-27(15-11-25)37-22-6-2-1-5-20-36-21-19-33-23-36/h3-4,7-19,21,23,31,35H,1-2,5-6,20,22,32H2. The van der Waals surface area contributed by atoms with E-state index in [1.165, 1.54) is 6.42 Å². The highest BCUT2D eigenvalue weighted by Crippen LogP contribution is 2.30. The molecule has 0 fully saturated rings. The molecule has 0 bridgehead atoms. The zero-order valence-electron chi connectivity index (χ0n) is 21.4. The summed E-state index contributed by atoms with van der Waals surface area (Å²) in [5.74, 6) is 2.52. The van der Waals surface area contributed by atoms with Gasteiger partial charge in [-0.3, -0.25) is 4.98 Å². The lowest BCUT2D eigenvalue weighted by molar-refractivity contribution is 0.304. The average molecular weight is 508 g/mol. The van der Waals surface area contributed by atoms with Crippen molar-refractivity contribution in [2.75, 3.05) is 11.9 Å². The summed E-state index contributed by atoms with van der Waals surface area (Å²) in [4.78, 5) is 8.37. The largest absolute Gasteiger partial charge is 0.494 e. The first-order valence-corrected chi connectivity index (χ1v) is 13.1. The van der Waals surface area contributed by atoms with Crippen LogP contribution in [0.3, 0.4) is 0 Å². The lowest BCUT2D eigenvalue weighted by Gasteiger charge is -2.14. The smallest absolute Gasteiger partial charge is 0.134 e. The molecule has 0 aliphatic heterocycles. The van der Waals surface area contributed by atoms with Crippen LogP contribution in [-0.4, -0.2) is 21.1 Å². The molecule has 0 saturated heterocycles. The van der Waals surface area contributed by atoms with Gasteiger partial charge in [-0.1, -0.05) is 18.9 Å². The molecule has 0 spiro atoms. The minimum absolute atomic E-state index is 0.373. The van der Waals surface area contributed by atoms with Crippen LogP contribution < -0.4 is 15.8 Å². The molecule has 5 aromatic rings. The minimum atomic E-state index is -0.373. The first kappa shape index (κ1) is 25.3.